The summed E-state index contributed by atoms with van der Waals surface area (Å²) in [5.41, 5.74) is 2.64. The molecule has 0 unspecified atom stereocenters. The fourth-order valence-electron chi connectivity index (χ4n) is 3.08. The van der Waals surface area contributed by atoms with Crippen LogP contribution in [0.5, 0.6) is 0 Å². The average molecular weight is 292 g/mol. The standard InChI is InChI=1S/C16H22ClN3/c1-12(2)20-15(11-19-7-5-18-6-8-19)9-13-3-4-14(17)10-16(13)20/h3-4,9-10,12,18H,5-8,11H2,1-2H3. The summed E-state index contributed by atoms with van der Waals surface area (Å²) in [6, 6.07) is 8.94. The van der Waals surface area contributed by atoms with Crippen molar-refractivity contribution >= 4 is 22.5 Å². The molecular weight excluding hydrogens is 270 g/mol. The molecule has 4 heteroatoms. The van der Waals surface area contributed by atoms with E-state index in [-0.39, 0.29) is 0 Å². The number of halogens is 1. The van der Waals surface area contributed by atoms with Gasteiger partial charge in [-0.15, -0.1) is 0 Å². The van der Waals surface area contributed by atoms with Gasteiger partial charge in [0.1, 0.15) is 0 Å². The first kappa shape index (κ1) is 13.9. The highest BCUT2D eigenvalue weighted by molar-refractivity contribution is 6.31. The van der Waals surface area contributed by atoms with Gasteiger partial charge in [-0.3, -0.25) is 4.90 Å². The predicted octanol–water partition coefficient (Wildman–Crippen LogP) is 3.28. The lowest BCUT2D eigenvalue weighted by Crippen LogP contribution is -2.43. The monoisotopic (exact) mass is 291 g/mol. The molecule has 1 aliphatic heterocycles. The largest absolute Gasteiger partial charge is 0.341 e. The lowest BCUT2D eigenvalue weighted by atomic mass is 10.2. The Balaban J connectivity index is 1.98. The van der Waals surface area contributed by atoms with Gasteiger partial charge < -0.3 is 9.88 Å². The Labute approximate surface area is 125 Å². The van der Waals surface area contributed by atoms with E-state index in [1.54, 1.807) is 0 Å². The number of rotatable bonds is 3. The quantitative estimate of drug-likeness (QED) is 0.936. The van der Waals surface area contributed by atoms with E-state index in [9.17, 15) is 0 Å². The van der Waals surface area contributed by atoms with Crippen LogP contribution in [0.3, 0.4) is 0 Å². The Morgan fingerprint density at radius 1 is 1.20 bits per heavy atom. The Hall–Kier alpha value is -1.03. The van der Waals surface area contributed by atoms with E-state index in [0.717, 1.165) is 37.7 Å². The van der Waals surface area contributed by atoms with E-state index in [2.05, 4.69) is 46.8 Å². The number of benzene rings is 1. The minimum atomic E-state index is 0.448. The maximum Gasteiger partial charge on any atom is 0.0500 e. The van der Waals surface area contributed by atoms with Crippen LogP contribution in [0.25, 0.3) is 10.9 Å². The second-order valence-corrected chi connectivity index (χ2v) is 6.27. The molecule has 0 atom stereocenters. The van der Waals surface area contributed by atoms with Gasteiger partial charge in [-0.05, 0) is 32.0 Å². The van der Waals surface area contributed by atoms with Gasteiger partial charge in [0.15, 0.2) is 0 Å². The summed E-state index contributed by atoms with van der Waals surface area (Å²) in [7, 11) is 0. The summed E-state index contributed by atoms with van der Waals surface area (Å²) in [5, 5.41) is 5.50. The first-order valence-electron chi connectivity index (χ1n) is 7.37. The molecule has 2 aromatic rings. The van der Waals surface area contributed by atoms with Gasteiger partial charge in [0.05, 0.1) is 0 Å². The van der Waals surface area contributed by atoms with Crippen molar-refractivity contribution in [3.8, 4) is 0 Å². The fourth-order valence-corrected chi connectivity index (χ4v) is 3.25. The first-order valence-corrected chi connectivity index (χ1v) is 7.75. The number of aromatic nitrogens is 1. The van der Waals surface area contributed by atoms with Crippen LogP contribution in [0.2, 0.25) is 5.02 Å². The molecule has 1 fully saturated rings. The zero-order valence-electron chi connectivity index (χ0n) is 12.2. The van der Waals surface area contributed by atoms with Crippen LogP contribution < -0.4 is 5.32 Å². The van der Waals surface area contributed by atoms with Crippen LogP contribution in [0.15, 0.2) is 24.3 Å². The number of fused-ring (bicyclic) bond motifs is 1. The van der Waals surface area contributed by atoms with E-state index in [4.69, 9.17) is 11.6 Å². The first-order chi connectivity index (χ1) is 9.65. The molecule has 2 heterocycles. The van der Waals surface area contributed by atoms with Crippen molar-refractivity contribution < 1.29 is 0 Å². The molecule has 1 aromatic carbocycles. The third kappa shape index (κ3) is 2.71. The number of piperazine rings is 1. The summed E-state index contributed by atoms with van der Waals surface area (Å²) in [6.45, 7) is 9.93. The van der Waals surface area contributed by atoms with E-state index in [0.29, 0.717) is 6.04 Å². The van der Waals surface area contributed by atoms with Gasteiger partial charge in [-0.2, -0.15) is 0 Å². The van der Waals surface area contributed by atoms with Gasteiger partial charge >= 0.3 is 0 Å². The van der Waals surface area contributed by atoms with Crippen LogP contribution in [-0.2, 0) is 6.54 Å². The van der Waals surface area contributed by atoms with E-state index >= 15 is 0 Å². The molecule has 0 aliphatic carbocycles. The summed E-state index contributed by atoms with van der Waals surface area (Å²) < 4.78 is 2.42. The molecule has 1 aliphatic rings. The summed E-state index contributed by atoms with van der Waals surface area (Å²) in [6.07, 6.45) is 0. The Kier molecular flexibility index (Phi) is 4.01. The number of hydrogen-bond acceptors (Lipinski definition) is 2. The molecule has 20 heavy (non-hydrogen) atoms. The molecule has 1 aromatic heterocycles. The molecular formula is C16H22ClN3. The van der Waals surface area contributed by atoms with Crippen molar-refractivity contribution in [2.75, 3.05) is 26.2 Å². The van der Waals surface area contributed by atoms with Crippen molar-refractivity contribution in [2.45, 2.75) is 26.4 Å². The van der Waals surface area contributed by atoms with E-state index in [1.807, 2.05) is 6.07 Å². The minimum absolute atomic E-state index is 0.448. The highest BCUT2D eigenvalue weighted by Crippen LogP contribution is 2.27. The minimum Gasteiger partial charge on any atom is -0.341 e. The predicted molar refractivity (Wildman–Crippen MR) is 85.5 cm³/mol. The topological polar surface area (TPSA) is 20.2 Å². The fraction of sp³-hybridized carbons (Fsp3) is 0.500. The maximum absolute atomic E-state index is 6.16. The van der Waals surface area contributed by atoms with E-state index < -0.39 is 0 Å². The zero-order chi connectivity index (χ0) is 14.1. The van der Waals surface area contributed by atoms with Crippen molar-refractivity contribution in [1.29, 1.82) is 0 Å². The van der Waals surface area contributed by atoms with Gasteiger partial charge in [0.25, 0.3) is 0 Å². The van der Waals surface area contributed by atoms with Gasteiger partial charge in [-0.25, -0.2) is 0 Å². The van der Waals surface area contributed by atoms with Crippen molar-refractivity contribution in [3.63, 3.8) is 0 Å². The molecule has 3 rings (SSSR count). The molecule has 0 radical (unpaired) electrons. The Morgan fingerprint density at radius 3 is 2.65 bits per heavy atom. The molecule has 0 amide bonds. The second kappa shape index (κ2) is 5.76. The van der Waals surface area contributed by atoms with Crippen LogP contribution in [-0.4, -0.2) is 35.6 Å². The molecule has 0 spiro atoms. The highest BCUT2D eigenvalue weighted by Gasteiger charge is 2.16. The van der Waals surface area contributed by atoms with Gasteiger partial charge in [0, 0.05) is 60.4 Å². The average Bonchev–Trinajstić information content (AvgIpc) is 2.77. The van der Waals surface area contributed by atoms with Crippen LogP contribution >= 0.6 is 11.6 Å². The third-order valence-electron chi connectivity index (χ3n) is 4.00. The van der Waals surface area contributed by atoms with Crippen LogP contribution in [0.4, 0.5) is 0 Å². The summed E-state index contributed by atoms with van der Waals surface area (Å²) >= 11 is 6.16. The molecule has 0 saturated carbocycles. The molecule has 1 saturated heterocycles. The van der Waals surface area contributed by atoms with E-state index in [1.165, 1.54) is 16.6 Å². The molecule has 108 valence electrons. The Bertz CT molecular complexity index is 597. The highest BCUT2D eigenvalue weighted by atomic mass is 35.5. The molecule has 0 bridgehead atoms. The maximum atomic E-state index is 6.16. The molecule has 1 N–H and O–H groups in total. The number of nitrogens with zero attached hydrogens (tertiary/aromatic N) is 2. The lowest BCUT2D eigenvalue weighted by Gasteiger charge is -2.28. The Morgan fingerprint density at radius 2 is 1.95 bits per heavy atom. The van der Waals surface area contributed by atoms with Crippen molar-refractivity contribution in [3.05, 3.63) is 35.0 Å². The van der Waals surface area contributed by atoms with Crippen LogP contribution in [0.1, 0.15) is 25.6 Å². The van der Waals surface area contributed by atoms with Crippen molar-refractivity contribution in [2.24, 2.45) is 0 Å². The van der Waals surface area contributed by atoms with Gasteiger partial charge in [0.2, 0.25) is 0 Å². The summed E-state index contributed by atoms with van der Waals surface area (Å²) in [4.78, 5) is 2.52. The third-order valence-corrected chi connectivity index (χ3v) is 4.23. The van der Waals surface area contributed by atoms with Crippen LogP contribution in [0, 0.1) is 0 Å². The normalized spacial score (nSPS) is 17.2. The summed E-state index contributed by atoms with van der Waals surface area (Å²) in [5.74, 6) is 0. The zero-order valence-corrected chi connectivity index (χ0v) is 13.0. The lowest BCUT2D eigenvalue weighted by molar-refractivity contribution is 0.227. The van der Waals surface area contributed by atoms with Gasteiger partial charge in [-0.1, -0.05) is 17.7 Å². The SMILES string of the molecule is CC(C)n1c(CN2CCNCC2)cc2ccc(Cl)cc21. The number of nitrogens with one attached hydrogen (secondary N) is 1. The smallest absolute Gasteiger partial charge is 0.0500 e. The second-order valence-electron chi connectivity index (χ2n) is 5.83. The van der Waals surface area contributed by atoms with Crippen molar-refractivity contribution in [1.82, 2.24) is 14.8 Å². The number of hydrogen-bond donors (Lipinski definition) is 1. The molecule has 3 nitrogen and oxygen atoms in total.